The lowest BCUT2D eigenvalue weighted by atomic mass is 9.87. The topological polar surface area (TPSA) is 61.4 Å². The Bertz CT molecular complexity index is 1060. The molecular formula is C27H33N5O. The van der Waals surface area contributed by atoms with Gasteiger partial charge in [-0.15, -0.1) is 10.2 Å². The van der Waals surface area contributed by atoms with E-state index in [1.807, 2.05) is 29.2 Å². The Morgan fingerprint density at radius 1 is 0.879 bits per heavy atom. The van der Waals surface area contributed by atoms with Gasteiger partial charge in [0, 0.05) is 37.4 Å². The molecule has 1 saturated heterocycles. The third-order valence-electron chi connectivity index (χ3n) is 6.20. The molecule has 2 aromatic carbocycles. The molecule has 6 heteroatoms. The second kappa shape index (κ2) is 9.61. The Morgan fingerprint density at radius 2 is 1.55 bits per heavy atom. The number of nitrogens with one attached hydrogen (secondary N) is 1. The standard InChI is InChI=1S/C27H33N5O/c1-5-20-6-8-21(9-7-20)24-14-15-25(30-29-24)31-16-18-32(19-17-31)26(33)28-23-12-10-22(11-13-23)27(2,3)4/h6-15H,5,16-19H2,1-4H3,(H,28,33). The van der Waals surface area contributed by atoms with Gasteiger partial charge in [-0.05, 0) is 47.2 Å². The molecule has 1 aromatic heterocycles. The van der Waals surface area contributed by atoms with E-state index >= 15 is 0 Å². The Labute approximate surface area is 196 Å². The fourth-order valence-electron chi connectivity index (χ4n) is 3.95. The predicted octanol–water partition coefficient (Wildman–Crippen LogP) is 5.36. The van der Waals surface area contributed by atoms with Crippen molar-refractivity contribution >= 4 is 17.5 Å². The number of urea groups is 1. The second-order valence-corrected chi connectivity index (χ2v) is 9.56. The van der Waals surface area contributed by atoms with Gasteiger partial charge in [-0.2, -0.15) is 0 Å². The van der Waals surface area contributed by atoms with Crippen LogP contribution in [0.4, 0.5) is 16.3 Å². The lowest BCUT2D eigenvalue weighted by molar-refractivity contribution is 0.208. The zero-order valence-corrected chi connectivity index (χ0v) is 20.0. The number of aryl methyl sites for hydroxylation is 1. The molecule has 0 bridgehead atoms. The van der Waals surface area contributed by atoms with Gasteiger partial charge in [0.05, 0.1) is 5.69 Å². The van der Waals surface area contributed by atoms with Gasteiger partial charge in [0.25, 0.3) is 0 Å². The maximum atomic E-state index is 12.7. The highest BCUT2D eigenvalue weighted by atomic mass is 16.2. The molecule has 1 fully saturated rings. The third kappa shape index (κ3) is 5.51. The third-order valence-corrected chi connectivity index (χ3v) is 6.20. The first kappa shape index (κ1) is 22.8. The van der Waals surface area contributed by atoms with Crippen LogP contribution in [0, 0.1) is 0 Å². The van der Waals surface area contributed by atoms with Crippen molar-refractivity contribution in [3.05, 3.63) is 71.8 Å². The van der Waals surface area contributed by atoms with E-state index in [1.165, 1.54) is 11.1 Å². The molecule has 4 rings (SSSR count). The zero-order valence-electron chi connectivity index (χ0n) is 20.0. The van der Waals surface area contributed by atoms with Gasteiger partial charge in [0.1, 0.15) is 0 Å². The molecule has 0 atom stereocenters. The molecule has 0 spiro atoms. The zero-order chi connectivity index (χ0) is 23.4. The SMILES string of the molecule is CCc1ccc(-c2ccc(N3CCN(C(=O)Nc4ccc(C(C)(C)C)cc4)CC3)nn2)cc1. The van der Waals surface area contributed by atoms with E-state index in [4.69, 9.17) is 0 Å². The minimum Gasteiger partial charge on any atom is -0.352 e. The Kier molecular flexibility index (Phi) is 6.63. The summed E-state index contributed by atoms with van der Waals surface area (Å²) >= 11 is 0. The number of benzene rings is 2. The molecule has 1 N–H and O–H groups in total. The summed E-state index contributed by atoms with van der Waals surface area (Å²) in [6.45, 7) is 11.5. The highest BCUT2D eigenvalue weighted by Crippen LogP contribution is 2.24. The summed E-state index contributed by atoms with van der Waals surface area (Å²) in [6, 6.07) is 20.5. The van der Waals surface area contributed by atoms with Gasteiger partial charge in [-0.3, -0.25) is 0 Å². The average Bonchev–Trinajstić information content (AvgIpc) is 2.84. The van der Waals surface area contributed by atoms with Crippen molar-refractivity contribution < 1.29 is 4.79 Å². The number of amides is 2. The number of anilines is 2. The minimum atomic E-state index is -0.0601. The minimum absolute atomic E-state index is 0.0601. The van der Waals surface area contributed by atoms with Crippen LogP contribution in [0.25, 0.3) is 11.3 Å². The number of hydrogen-bond acceptors (Lipinski definition) is 4. The number of carbonyl (C=O) groups excluding carboxylic acids is 1. The maximum Gasteiger partial charge on any atom is 0.321 e. The highest BCUT2D eigenvalue weighted by molar-refractivity contribution is 5.89. The first-order valence-electron chi connectivity index (χ1n) is 11.7. The first-order valence-corrected chi connectivity index (χ1v) is 11.7. The fraction of sp³-hybridized carbons (Fsp3) is 0.370. The van der Waals surface area contributed by atoms with Gasteiger partial charge in [0.2, 0.25) is 0 Å². The van der Waals surface area contributed by atoms with Crippen LogP contribution < -0.4 is 10.2 Å². The van der Waals surface area contributed by atoms with E-state index in [1.54, 1.807) is 0 Å². The summed E-state index contributed by atoms with van der Waals surface area (Å²) in [7, 11) is 0. The summed E-state index contributed by atoms with van der Waals surface area (Å²) in [5.41, 5.74) is 5.43. The van der Waals surface area contributed by atoms with Crippen LogP contribution >= 0.6 is 0 Å². The van der Waals surface area contributed by atoms with Crippen LogP contribution in [-0.4, -0.2) is 47.3 Å². The van der Waals surface area contributed by atoms with Crippen LogP contribution in [-0.2, 0) is 11.8 Å². The molecule has 172 valence electrons. The first-order chi connectivity index (χ1) is 15.8. The van der Waals surface area contributed by atoms with E-state index in [-0.39, 0.29) is 11.4 Å². The Morgan fingerprint density at radius 3 is 2.09 bits per heavy atom. The van der Waals surface area contributed by atoms with Crippen molar-refractivity contribution in [1.29, 1.82) is 0 Å². The van der Waals surface area contributed by atoms with E-state index < -0.39 is 0 Å². The molecule has 3 aromatic rings. The summed E-state index contributed by atoms with van der Waals surface area (Å²) in [5.74, 6) is 0.849. The van der Waals surface area contributed by atoms with E-state index in [0.29, 0.717) is 13.1 Å². The van der Waals surface area contributed by atoms with Crippen molar-refractivity contribution in [3.63, 3.8) is 0 Å². The van der Waals surface area contributed by atoms with E-state index in [9.17, 15) is 4.79 Å². The van der Waals surface area contributed by atoms with Crippen LogP contribution in [0.3, 0.4) is 0 Å². The summed E-state index contributed by atoms with van der Waals surface area (Å²) in [4.78, 5) is 16.7. The van der Waals surface area contributed by atoms with Crippen LogP contribution in [0.2, 0.25) is 0 Å². The Hall–Kier alpha value is -3.41. The van der Waals surface area contributed by atoms with Crippen molar-refractivity contribution in [2.45, 2.75) is 39.5 Å². The maximum absolute atomic E-state index is 12.7. The molecule has 33 heavy (non-hydrogen) atoms. The van der Waals surface area contributed by atoms with E-state index in [2.05, 4.69) is 84.5 Å². The molecule has 0 saturated carbocycles. The number of rotatable bonds is 4. The number of hydrogen-bond donors (Lipinski definition) is 1. The number of nitrogens with zero attached hydrogens (tertiary/aromatic N) is 4. The van der Waals surface area contributed by atoms with Crippen LogP contribution in [0.1, 0.15) is 38.8 Å². The monoisotopic (exact) mass is 443 g/mol. The van der Waals surface area contributed by atoms with Gasteiger partial charge >= 0.3 is 6.03 Å². The summed E-state index contributed by atoms with van der Waals surface area (Å²) in [5, 5.41) is 11.9. The summed E-state index contributed by atoms with van der Waals surface area (Å²) < 4.78 is 0. The number of carbonyl (C=O) groups is 1. The molecular weight excluding hydrogens is 410 g/mol. The quantitative estimate of drug-likeness (QED) is 0.590. The predicted molar refractivity (Wildman–Crippen MR) is 135 cm³/mol. The lowest BCUT2D eigenvalue weighted by Gasteiger charge is -2.35. The lowest BCUT2D eigenvalue weighted by Crippen LogP contribution is -2.50. The summed E-state index contributed by atoms with van der Waals surface area (Å²) in [6.07, 6.45) is 1.03. The van der Waals surface area contributed by atoms with Gasteiger partial charge in [-0.1, -0.05) is 64.1 Å². The van der Waals surface area contributed by atoms with E-state index in [0.717, 1.165) is 42.3 Å². The van der Waals surface area contributed by atoms with Crippen molar-refractivity contribution in [2.75, 3.05) is 36.4 Å². The van der Waals surface area contributed by atoms with Gasteiger partial charge in [0.15, 0.2) is 5.82 Å². The largest absolute Gasteiger partial charge is 0.352 e. The fourth-order valence-corrected chi connectivity index (χ4v) is 3.95. The number of piperazine rings is 1. The number of aromatic nitrogens is 2. The van der Waals surface area contributed by atoms with Crippen LogP contribution in [0.15, 0.2) is 60.7 Å². The normalized spacial score (nSPS) is 14.3. The van der Waals surface area contributed by atoms with Crippen molar-refractivity contribution in [2.24, 2.45) is 0 Å². The van der Waals surface area contributed by atoms with Crippen LogP contribution in [0.5, 0.6) is 0 Å². The van der Waals surface area contributed by atoms with Gasteiger partial charge < -0.3 is 15.1 Å². The average molecular weight is 444 g/mol. The second-order valence-electron chi connectivity index (χ2n) is 9.56. The molecule has 1 aliphatic heterocycles. The molecule has 0 unspecified atom stereocenters. The smallest absolute Gasteiger partial charge is 0.321 e. The highest BCUT2D eigenvalue weighted by Gasteiger charge is 2.22. The van der Waals surface area contributed by atoms with Gasteiger partial charge in [-0.25, -0.2) is 4.79 Å². The Balaban J connectivity index is 1.31. The molecule has 2 amide bonds. The molecule has 0 aliphatic carbocycles. The van der Waals surface area contributed by atoms with Crippen molar-refractivity contribution in [3.8, 4) is 11.3 Å². The molecule has 2 heterocycles. The molecule has 6 nitrogen and oxygen atoms in total. The molecule has 0 radical (unpaired) electrons. The van der Waals surface area contributed by atoms with Crippen molar-refractivity contribution in [1.82, 2.24) is 15.1 Å². The molecule has 1 aliphatic rings.